The second-order valence-electron chi connectivity index (χ2n) is 8.57. The van der Waals surface area contributed by atoms with Gasteiger partial charge in [0.25, 0.3) is 0 Å². The molecular weight excluding hydrogens is 505 g/mol. The zero-order chi connectivity index (χ0) is 25.4. The fourth-order valence-corrected chi connectivity index (χ4v) is 5.64. The average molecular weight is 531 g/mol. The minimum absolute atomic E-state index is 0.0874. The third kappa shape index (κ3) is 6.57. The Balaban J connectivity index is 1.64. The molecule has 0 bridgehead atoms. The van der Waals surface area contributed by atoms with Gasteiger partial charge in [-0.2, -0.15) is 18.2 Å². The molecular formula is C21H25F3N6O3S2. The number of aromatic nitrogens is 3. The summed E-state index contributed by atoms with van der Waals surface area (Å²) in [6, 6.07) is 7.26. The van der Waals surface area contributed by atoms with Crippen molar-refractivity contribution in [3.63, 3.8) is 0 Å². The largest absolute Gasteiger partial charge is 0.405 e. The zero-order valence-corrected chi connectivity index (χ0v) is 20.6. The highest BCUT2D eigenvalue weighted by atomic mass is 32.2. The Kier molecular flexibility index (Phi) is 7.18. The van der Waals surface area contributed by atoms with E-state index < -0.39 is 28.8 Å². The number of aliphatic hydroxyl groups excluding tert-OH is 1. The molecule has 1 fully saturated rings. The minimum Gasteiger partial charge on any atom is -0.393 e. The second kappa shape index (κ2) is 9.84. The summed E-state index contributed by atoms with van der Waals surface area (Å²) < 4.78 is 64.5. The van der Waals surface area contributed by atoms with Gasteiger partial charge < -0.3 is 15.7 Å². The molecule has 4 N–H and O–H groups in total. The van der Waals surface area contributed by atoms with E-state index in [1.807, 2.05) is 24.3 Å². The number of hydrogen-bond acceptors (Lipinski definition) is 9. The van der Waals surface area contributed by atoms with Crippen LogP contribution in [0.3, 0.4) is 0 Å². The molecule has 190 valence electrons. The SMILES string of the molecule is Cc1nc(NCC(F)(F)F)nc(N[C@@H]2C[C@H](CNS(C)(=O)=O)[C@@H](O)C2)c1-c1nc2ccccc2s1. The van der Waals surface area contributed by atoms with Gasteiger partial charge in [0.05, 0.1) is 33.8 Å². The van der Waals surface area contributed by atoms with Crippen LogP contribution in [0, 0.1) is 12.8 Å². The number of aryl methyl sites for hydroxylation is 1. The lowest BCUT2D eigenvalue weighted by molar-refractivity contribution is -0.115. The quantitative estimate of drug-likeness (QED) is 0.350. The minimum atomic E-state index is -4.44. The fourth-order valence-electron chi connectivity index (χ4n) is 4.06. The molecule has 9 nitrogen and oxygen atoms in total. The molecule has 0 spiro atoms. The van der Waals surface area contributed by atoms with Crippen molar-refractivity contribution < 1.29 is 26.7 Å². The third-order valence-corrected chi connectivity index (χ3v) is 7.40. The number of benzene rings is 1. The number of rotatable bonds is 8. The van der Waals surface area contributed by atoms with Crippen LogP contribution in [0.1, 0.15) is 18.5 Å². The number of nitrogens with zero attached hydrogens (tertiary/aromatic N) is 3. The van der Waals surface area contributed by atoms with E-state index in [1.54, 1.807) is 6.92 Å². The molecule has 0 unspecified atom stereocenters. The molecule has 14 heteroatoms. The van der Waals surface area contributed by atoms with Crippen molar-refractivity contribution in [2.75, 3.05) is 30.0 Å². The maximum Gasteiger partial charge on any atom is 0.405 e. The summed E-state index contributed by atoms with van der Waals surface area (Å²) in [7, 11) is -3.41. The summed E-state index contributed by atoms with van der Waals surface area (Å²) in [4.78, 5) is 13.2. The van der Waals surface area contributed by atoms with Crippen LogP contribution < -0.4 is 15.4 Å². The van der Waals surface area contributed by atoms with Gasteiger partial charge in [-0.1, -0.05) is 12.1 Å². The van der Waals surface area contributed by atoms with Gasteiger partial charge >= 0.3 is 6.18 Å². The topological polar surface area (TPSA) is 129 Å². The number of anilines is 2. The molecule has 0 amide bonds. The normalized spacial score (nSPS) is 20.9. The number of para-hydroxylation sites is 1. The van der Waals surface area contributed by atoms with E-state index in [2.05, 4.69) is 30.3 Å². The average Bonchev–Trinajstić information content (AvgIpc) is 3.32. The summed E-state index contributed by atoms with van der Waals surface area (Å²) in [6.45, 7) is 0.479. The standard InChI is InChI=1S/C21H25F3N6O3S2/c1-11-17(19-29-14-5-3-4-6-16(14)34-19)18(30-20(27-11)25-10-21(22,23)24)28-13-7-12(15(31)8-13)9-26-35(2,32)33/h3-6,12-13,15,26,31H,7-10H2,1-2H3,(H2,25,27,28,30)/t12-,13-,15+/m1/s1. The molecule has 35 heavy (non-hydrogen) atoms. The predicted molar refractivity (Wildman–Crippen MR) is 129 cm³/mol. The number of hydrogen-bond donors (Lipinski definition) is 4. The summed E-state index contributed by atoms with van der Waals surface area (Å²) in [5.41, 5.74) is 1.79. The van der Waals surface area contributed by atoms with Crippen LogP contribution in [0.15, 0.2) is 24.3 Å². The van der Waals surface area contributed by atoms with Crippen LogP contribution >= 0.6 is 11.3 Å². The van der Waals surface area contributed by atoms with Crippen LogP contribution in [0.2, 0.25) is 0 Å². The van der Waals surface area contributed by atoms with Gasteiger partial charge in [-0.05, 0) is 31.9 Å². The van der Waals surface area contributed by atoms with E-state index in [1.165, 1.54) is 11.3 Å². The molecule has 1 saturated carbocycles. The van der Waals surface area contributed by atoms with Crippen LogP contribution in [0.25, 0.3) is 20.8 Å². The van der Waals surface area contributed by atoms with Gasteiger partial charge in [0.2, 0.25) is 16.0 Å². The number of sulfonamides is 1. The van der Waals surface area contributed by atoms with E-state index in [4.69, 9.17) is 0 Å². The highest BCUT2D eigenvalue weighted by Crippen LogP contribution is 2.38. The van der Waals surface area contributed by atoms with Crippen molar-refractivity contribution in [1.29, 1.82) is 0 Å². The van der Waals surface area contributed by atoms with Crippen LogP contribution in [-0.4, -0.2) is 66.1 Å². The van der Waals surface area contributed by atoms with Crippen LogP contribution in [0.4, 0.5) is 24.9 Å². The fraction of sp³-hybridized carbons (Fsp3) is 0.476. The van der Waals surface area contributed by atoms with Gasteiger partial charge in [0.15, 0.2) is 0 Å². The Hall–Kier alpha value is -2.55. The maximum absolute atomic E-state index is 12.8. The highest BCUT2D eigenvalue weighted by Gasteiger charge is 2.34. The molecule has 0 aliphatic heterocycles. The van der Waals surface area contributed by atoms with Crippen molar-refractivity contribution in [2.24, 2.45) is 5.92 Å². The third-order valence-electron chi connectivity index (χ3n) is 5.65. The number of alkyl halides is 3. The van der Waals surface area contributed by atoms with Crippen molar-refractivity contribution >= 4 is 43.3 Å². The van der Waals surface area contributed by atoms with E-state index >= 15 is 0 Å². The molecule has 0 radical (unpaired) electrons. The first-order chi connectivity index (χ1) is 16.4. The maximum atomic E-state index is 12.8. The van der Waals surface area contributed by atoms with Gasteiger partial charge in [0.1, 0.15) is 17.4 Å². The molecule has 3 aromatic rings. The molecule has 1 aromatic carbocycles. The molecule has 1 aliphatic carbocycles. The Morgan fingerprint density at radius 1 is 1.17 bits per heavy atom. The summed E-state index contributed by atoms with van der Waals surface area (Å²) in [5.74, 6) is -0.199. The number of halogens is 3. The lowest BCUT2D eigenvalue weighted by atomic mass is 10.1. The Labute approximate surface area is 204 Å². The number of thiazole rings is 1. The predicted octanol–water partition coefficient (Wildman–Crippen LogP) is 3.14. The summed E-state index contributed by atoms with van der Waals surface area (Å²) >= 11 is 1.41. The molecule has 2 heterocycles. The molecule has 3 atom stereocenters. The van der Waals surface area contributed by atoms with Crippen LogP contribution in [-0.2, 0) is 10.0 Å². The van der Waals surface area contributed by atoms with Crippen molar-refractivity contribution in [2.45, 2.75) is 38.1 Å². The lowest BCUT2D eigenvalue weighted by Crippen LogP contribution is -2.31. The van der Waals surface area contributed by atoms with E-state index in [0.29, 0.717) is 34.9 Å². The second-order valence-corrected chi connectivity index (χ2v) is 11.4. The smallest absolute Gasteiger partial charge is 0.393 e. The van der Waals surface area contributed by atoms with Crippen molar-refractivity contribution in [1.82, 2.24) is 19.7 Å². The molecule has 1 aliphatic rings. The van der Waals surface area contributed by atoms with Gasteiger partial charge in [0, 0.05) is 18.5 Å². The van der Waals surface area contributed by atoms with E-state index in [-0.39, 0.29) is 24.5 Å². The number of aliphatic hydroxyl groups is 1. The van der Waals surface area contributed by atoms with Crippen LogP contribution in [0.5, 0.6) is 0 Å². The summed E-state index contributed by atoms with van der Waals surface area (Å²) in [5, 5.41) is 16.5. The van der Waals surface area contributed by atoms with Gasteiger partial charge in [-0.25, -0.2) is 23.1 Å². The van der Waals surface area contributed by atoms with Crippen molar-refractivity contribution in [3.05, 3.63) is 30.0 Å². The first-order valence-corrected chi connectivity index (χ1v) is 13.5. The Morgan fingerprint density at radius 2 is 1.91 bits per heavy atom. The first-order valence-electron chi connectivity index (χ1n) is 10.8. The Bertz CT molecular complexity index is 1280. The van der Waals surface area contributed by atoms with Gasteiger partial charge in [-0.3, -0.25) is 0 Å². The Morgan fingerprint density at radius 3 is 2.60 bits per heavy atom. The monoisotopic (exact) mass is 530 g/mol. The molecule has 4 rings (SSSR count). The molecule has 0 saturated heterocycles. The van der Waals surface area contributed by atoms with E-state index in [9.17, 15) is 26.7 Å². The number of fused-ring (bicyclic) bond motifs is 1. The van der Waals surface area contributed by atoms with E-state index in [0.717, 1.165) is 16.5 Å². The zero-order valence-electron chi connectivity index (χ0n) is 18.9. The lowest BCUT2D eigenvalue weighted by Gasteiger charge is -2.18. The summed E-state index contributed by atoms with van der Waals surface area (Å²) in [6.07, 6.45) is -3.38. The number of nitrogens with one attached hydrogen (secondary N) is 3. The first kappa shape index (κ1) is 25.5. The van der Waals surface area contributed by atoms with Gasteiger partial charge in [-0.15, -0.1) is 11.3 Å². The highest BCUT2D eigenvalue weighted by molar-refractivity contribution is 7.88. The van der Waals surface area contributed by atoms with Crippen molar-refractivity contribution in [3.8, 4) is 10.6 Å². The molecule has 2 aromatic heterocycles.